The number of allylic oxidation sites excluding steroid dienone is 1. The molecule has 3 rings (SSSR count). The van der Waals surface area contributed by atoms with Crippen LogP contribution in [0.5, 0.6) is 5.75 Å². The molecule has 0 atom stereocenters. The van der Waals surface area contributed by atoms with Crippen molar-refractivity contribution >= 4 is 17.6 Å². The normalized spacial score (nSPS) is 15.8. The van der Waals surface area contributed by atoms with Gasteiger partial charge in [-0.05, 0) is 29.3 Å². The van der Waals surface area contributed by atoms with E-state index in [1.165, 1.54) is 6.08 Å². The van der Waals surface area contributed by atoms with Crippen LogP contribution in [0.4, 0.5) is 0 Å². The standard InChI is InChI=1S/C18H14O3/c1-20-15-9-7-14(8-10-15)16-12-18(19)21-17(16)11-13-5-3-2-4-6-13/h2-12H,1H3. The molecule has 2 aromatic rings. The van der Waals surface area contributed by atoms with Crippen molar-refractivity contribution in [2.24, 2.45) is 0 Å². The molecule has 1 aliphatic rings. The molecule has 21 heavy (non-hydrogen) atoms. The Morgan fingerprint density at radius 3 is 2.38 bits per heavy atom. The van der Waals surface area contributed by atoms with Crippen LogP contribution < -0.4 is 4.74 Å². The second-order valence-electron chi connectivity index (χ2n) is 4.63. The van der Waals surface area contributed by atoms with E-state index in [4.69, 9.17) is 9.47 Å². The lowest BCUT2D eigenvalue weighted by Gasteiger charge is -2.06. The molecule has 0 unspecified atom stereocenters. The van der Waals surface area contributed by atoms with Gasteiger partial charge in [0.05, 0.1) is 7.11 Å². The molecule has 0 bridgehead atoms. The molecule has 1 aliphatic heterocycles. The average molecular weight is 278 g/mol. The molecule has 1 heterocycles. The highest BCUT2D eigenvalue weighted by Gasteiger charge is 2.21. The second kappa shape index (κ2) is 5.67. The Morgan fingerprint density at radius 1 is 1.00 bits per heavy atom. The maximum Gasteiger partial charge on any atom is 0.336 e. The monoisotopic (exact) mass is 278 g/mol. The summed E-state index contributed by atoms with van der Waals surface area (Å²) in [5.74, 6) is 0.998. The van der Waals surface area contributed by atoms with E-state index in [9.17, 15) is 4.79 Å². The SMILES string of the molecule is COc1ccc(C2=CC(=O)OC2=Cc2ccccc2)cc1. The Kier molecular flexibility index (Phi) is 3.56. The second-order valence-corrected chi connectivity index (χ2v) is 4.63. The lowest BCUT2D eigenvalue weighted by molar-refractivity contribution is -0.132. The van der Waals surface area contributed by atoms with Crippen LogP contribution in [0.2, 0.25) is 0 Å². The van der Waals surface area contributed by atoms with Gasteiger partial charge in [-0.15, -0.1) is 0 Å². The van der Waals surface area contributed by atoms with Gasteiger partial charge in [-0.1, -0.05) is 42.5 Å². The molecule has 0 aromatic heterocycles. The van der Waals surface area contributed by atoms with Gasteiger partial charge in [0.1, 0.15) is 11.5 Å². The number of methoxy groups -OCH3 is 1. The molecule has 0 spiro atoms. The Balaban J connectivity index is 1.96. The van der Waals surface area contributed by atoms with Gasteiger partial charge < -0.3 is 9.47 Å². The van der Waals surface area contributed by atoms with Crippen molar-refractivity contribution in [3.63, 3.8) is 0 Å². The Morgan fingerprint density at radius 2 is 1.71 bits per heavy atom. The lowest BCUT2D eigenvalue weighted by Crippen LogP contribution is -1.91. The summed E-state index contributed by atoms with van der Waals surface area (Å²) in [7, 11) is 1.62. The van der Waals surface area contributed by atoms with Gasteiger partial charge in [0.15, 0.2) is 0 Å². The van der Waals surface area contributed by atoms with E-state index < -0.39 is 0 Å². The lowest BCUT2D eigenvalue weighted by atomic mass is 10.0. The molecule has 3 nitrogen and oxygen atoms in total. The van der Waals surface area contributed by atoms with E-state index in [0.717, 1.165) is 22.4 Å². The molecular weight excluding hydrogens is 264 g/mol. The summed E-state index contributed by atoms with van der Waals surface area (Å²) in [5.41, 5.74) is 2.69. The van der Waals surface area contributed by atoms with Crippen molar-refractivity contribution in [2.75, 3.05) is 7.11 Å². The predicted molar refractivity (Wildman–Crippen MR) is 81.5 cm³/mol. The highest BCUT2D eigenvalue weighted by atomic mass is 16.5. The van der Waals surface area contributed by atoms with Crippen molar-refractivity contribution in [1.82, 2.24) is 0 Å². The first-order valence-electron chi connectivity index (χ1n) is 6.61. The minimum atomic E-state index is -0.344. The van der Waals surface area contributed by atoms with Crippen molar-refractivity contribution in [1.29, 1.82) is 0 Å². The first-order chi connectivity index (χ1) is 10.3. The van der Waals surface area contributed by atoms with Crippen LogP contribution in [-0.2, 0) is 9.53 Å². The maximum atomic E-state index is 11.6. The van der Waals surface area contributed by atoms with E-state index in [2.05, 4.69) is 0 Å². The van der Waals surface area contributed by atoms with Crippen LogP contribution in [-0.4, -0.2) is 13.1 Å². The third-order valence-electron chi connectivity index (χ3n) is 3.24. The first-order valence-corrected chi connectivity index (χ1v) is 6.61. The topological polar surface area (TPSA) is 35.5 Å². The first kappa shape index (κ1) is 13.2. The van der Waals surface area contributed by atoms with E-state index in [-0.39, 0.29) is 5.97 Å². The zero-order valence-electron chi connectivity index (χ0n) is 11.6. The van der Waals surface area contributed by atoms with Crippen molar-refractivity contribution in [3.8, 4) is 5.75 Å². The number of esters is 1. The summed E-state index contributed by atoms with van der Waals surface area (Å²) in [4.78, 5) is 11.6. The molecule has 0 aliphatic carbocycles. The number of rotatable bonds is 3. The van der Waals surface area contributed by atoms with Gasteiger partial charge >= 0.3 is 5.97 Å². The smallest absolute Gasteiger partial charge is 0.336 e. The number of hydrogen-bond acceptors (Lipinski definition) is 3. The van der Waals surface area contributed by atoms with Gasteiger partial charge in [0.25, 0.3) is 0 Å². The van der Waals surface area contributed by atoms with Gasteiger partial charge in [0, 0.05) is 11.6 Å². The zero-order chi connectivity index (χ0) is 14.7. The number of carbonyl (C=O) groups is 1. The van der Waals surface area contributed by atoms with Crippen LogP contribution in [0.15, 0.2) is 66.4 Å². The summed E-state index contributed by atoms with van der Waals surface area (Å²) in [6.07, 6.45) is 3.37. The average Bonchev–Trinajstić information content (AvgIpc) is 2.89. The van der Waals surface area contributed by atoms with Gasteiger partial charge in [0.2, 0.25) is 0 Å². The van der Waals surface area contributed by atoms with E-state index in [1.807, 2.05) is 60.7 Å². The van der Waals surface area contributed by atoms with Gasteiger partial charge in [-0.2, -0.15) is 0 Å². The number of cyclic esters (lactones) is 1. The largest absolute Gasteiger partial charge is 0.497 e. The third kappa shape index (κ3) is 2.87. The fourth-order valence-corrected chi connectivity index (χ4v) is 2.19. The summed E-state index contributed by atoms with van der Waals surface area (Å²) in [5, 5.41) is 0. The Hall–Kier alpha value is -2.81. The molecule has 3 heteroatoms. The number of benzene rings is 2. The van der Waals surface area contributed by atoms with Gasteiger partial charge in [-0.25, -0.2) is 4.79 Å². The molecule has 0 radical (unpaired) electrons. The fraction of sp³-hybridized carbons (Fsp3) is 0.0556. The van der Waals surface area contributed by atoms with Crippen LogP contribution in [0.25, 0.3) is 11.6 Å². The number of ether oxygens (including phenoxy) is 2. The number of hydrogen-bond donors (Lipinski definition) is 0. The van der Waals surface area contributed by atoms with Gasteiger partial charge in [-0.3, -0.25) is 0 Å². The molecule has 0 amide bonds. The molecule has 0 saturated carbocycles. The van der Waals surface area contributed by atoms with Crippen molar-refractivity contribution in [2.45, 2.75) is 0 Å². The van der Waals surface area contributed by atoms with Crippen LogP contribution in [0.1, 0.15) is 11.1 Å². The number of carbonyl (C=O) groups excluding carboxylic acids is 1. The molecule has 2 aromatic carbocycles. The maximum absolute atomic E-state index is 11.6. The summed E-state index contributed by atoms with van der Waals surface area (Å²) in [6.45, 7) is 0. The highest BCUT2D eigenvalue weighted by molar-refractivity contribution is 6.03. The molecule has 0 N–H and O–H groups in total. The Labute approximate surface area is 123 Å². The van der Waals surface area contributed by atoms with E-state index in [1.54, 1.807) is 7.11 Å². The van der Waals surface area contributed by atoms with Crippen LogP contribution in [0, 0.1) is 0 Å². The minimum absolute atomic E-state index is 0.344. The van der Waals surface area contributed by atoms with E-state index in [0.29, 0.717) is 5.76 Å². The van der Waals surface area contributed by atoms with Crippen LogP contribution in [0.3, 0.4) is 0 Å². The summed E-state index contributed by atoms with van der Waals surface area (Å²) >= 11 is 0. The van der Waals surface area contributed by atoms with Crippen molar-refractivity contribution < 1.29 is 14.3 Å². The quantitative estimate of drug-likeness (QED) is 0.803. The predicted octanol–water partition coefficient (Wildman–Crippen LogP) is 3.68. The zero-order valence-corrected chi connectivity index (χ0v) is 11.6. The molecule has 104 valence electrons. The van der Waals surface area contributed by atoms with E-state index >= 15 is 0 Å². The summed E-state index contributed by atoms with van der Waals surface area (Å²) in [6, 6.07) is 17.3. The Bertz CT molecular complexity index is 710. The van der Waals surface area contributed by atoms with Crippen LogP contribution >= 0.6 is 0 Å². The summed E-state index contributed by atoms with van der Waals surface area (Å²) < 4.78 is 10.4. The molecule has 0 fully saturated rings. The minimum Gasteiger partial charge on any atom is -0.497 e. The third-order valence-corrected chi connectivity index (χ3v) is 3.24. The van der Waals surface area contributed by atoms with Crippen molar-refractivity contribution in [3.05, 3.63) is 77.6 Å². The molecule has 0 saturated heterocycles. The molecular formula is C18H14O3. The highest BCUT2D eigenvalue weighted by Crippen LogP contribution is 2.31. The fourth-order valence-electron chi connectivity index (χ4n) is 2.19.